The average Bonchev–Trinajstić information content (AvgIpc) is 2.80. The SMILES string of the molecule is Cn1cc(CNc2ccc(C(F)(F)F)c(C(=O)O)c2)cn1. The van der Waals surface area contributed by atoms with Crippen molar-refractivity contribution in [1.82, 2.24) is 9.78 Å². The molecule has 0 atom stereocenters. The Bertz CT molecular complexity index is 665. The van der Waals surface area contributed by atoms with Crippen LogP contribution in [-0.2, 0) is 19.8 Å². The summed E-state index contributed by atoms with van der Waals surface area (Å²) in [6, 6.07) is 2.93. The lowest BCUT2D eigenvalue weighted by atomic mass is 10.1. The van der Waals surface area contributed by atoms with Gasteiger partial charge in [0, 0.05) is 31.0 Å². The van der Waals surface area contributed by atoms with E-state index >= 15 is 0 Å². The van der Waals surface area contributed by atoms with Gasteiger partial charge in [0.1, 0.15) is 0 Å². The molecule has 1 aromatic heterocycles. The fourth-order valence-electron chi connectivity index (χ4n) is 1.85. The smallest absolute Gasteiger partial charge is 0.417 e. The van der Waals surface area contributed by atoms with E-state index in [0.29, 0.717) is 12.2 Å². The highest BCUT2D eigenvalue weighted by Crippen LogP contribution is 2.33. The summed E-state index contributed by atoms with van der Waals surface area (Å²) in [4.78, 5) is 11.0. The van der Waals surface area contributed by atoms with Gasteiger partial charge in [-0.3, -0.25) is 4.68 Å². The Morgan fingerprint density at radius 1 is 1.43 bits per heavy atom. The molecule has 2 aromatic rings. The first kappa shape index (κ1) is 14.9. The zero-order chi connectivity index (χ0) is 15.6. The van der Waals surface area contributed by atoms with Crippen molar-refractivity contribution >= 4 is 11.7 Å². The molecule has 0 aliphatic heterocycles. The average molecular weight is 299 g/mol. The van der Waals surface area contributed by atoms with E-state index in [9.17, 15) is 18.0 Å². The summed E-state index contributed by atoms with van der Waals surface area (Å²) >= 11 is 0. The summed E-state index contributed by atoms with van der Waals surface area (Å²) in [5.74, 6) is -1.62. The number of hydrogen-bond donors (Lipinski definition) is 2. The molecular weight excluding hydrogens is 287 g/mol. The molecule has 0 radical (unpaired) electrons. The van der Waals surface area contributed by atoms with Crippen molar-refractivity contribution in [3.05, 3.63) is 47.3 Å². The van der Waals surface area contributed by atoms with Gasteiger partial charge < -0.3 is 10.4 Å². The number of aryl methyl sites for hydroxylation is 1. The predicted octanol–water partition coefficient (Wildman–Crippen LogP) is 2.75. The molecule has 0 saturated carbocycles. The van der Waals surface area contributed by atoms with Crippen LogP contribution >= 0.6 is 0 Å². The van der Waals surface area contributed by atoms with Gasteiger partial charge in [-0.2, -0.15) is 18.3 Å². The number of carbonyl (C=O) groups is 1. The predicted molar refractivity (Wildman–Crippen MR) is 68.9 cm³/mol. The molecule has 112 valence electrons. The molecule has 2 N–H and O–H groups in total. The second kappa shape index (κ2) is 5.47. The van der Waals surface area contributed by atoms with Gasteiger partial charge in [0.15, 0.2) is 0 Å². The van der Waals surface area contributed by atoms with E-state index in [1.807, 2.05) is 0 Å². The van der Waals surface area contributed by atoms with E-state index in [2.05, 4.69) is 10.4 Å². The van der Waals surface area contributed by atoms with E-state index < -0.39 is 23.3 Å². The zero-order valence-electron chi connectivity index (χ0n) is 11.0. The summed E-state index contributed by atoms with van der Waals surface area (Å²) in [5, 5.41) is 15.7. The molecule has 1 heterocycles. The van der Waals surface area contributed by atoms with Crippen molar-refractivity contribution in [3.8, 4) is 0 Å². The van der Waals surface area contributed by atoms with Crippen molar-refractivity contribution in [2.75, 3.05) is 5.32 Å². The maximum absolute atomic E-state index is 12.7. The van der Waals surface area contributed by atoms with Crippen LogP contribution in [0.3, 0.4) is 0 Å². The van der Waals surface area contributed by atoms with Gasteiger partial charge in [-0.15, -0.1) is 0 Å². The lowest BCUT2D eigenvalue weighted by Crippen LogP contribution is -2.13. The Balaban J connectivity index is 2.22. The highest BCUT2D eigenvalue weighted by atomic mass is 19.4. The van der Waals surface area contributed by atoms with E-state index in [4.69, 9.17) is 5.11 Å². The molecule has 0 bridgehead atoms. The summed E-state index contributed by atoms with van der Waals surface area (Å²) in [6.07, 6.45) is -1.35. The summed E-state index contributed by atoms with van der Waals surface area (Å²) in [6.45, 7) is 0.332. The minimum absolute atomic E-state index is 0.296. The van der Waals surface area contributed by atoms with Crippen molar-refractivity contribution in [2.45, 2.75) is 12.7 Å². The van der Waals surface area contributed by atoms with E-state index in [0.717, 1.165) is 17.7 Å². The first-order valence-electron chi connectivity index (χ1n) is 5.93. The zero-order valence-corrected chi connectivity index (χ0v) is 11.0. The van der Waals surface area contributed by atoms with Crippen LogP contribution in [0.25, 0.3) is 0 Å². The van der Waals surface area contributed by atoms with Crippen molar-refractivity contribution < 1.29 is 23.1 Å². The third kappa shape index (κ3) is 3.53. The molecule has 1 aromatic carbocycles. The molecule has 0 aliphatic rings. The number of anilines is 1. The molecule has 0 fully saturated rings. The number of rotatable bonds is 4. The van der Waals surface area contributed by atoms with Crippen LogP contribution in [0.2, 0.25) is 0 Å². The monoisotopic (exact) mass is 299 g/mol. The highest BCUT2D eigenvalue weighted by molar-refractivity contribution is 5.91. The molecule has 5 nitrogen and oxygen atoms in total. The maximum Gasteiger partial charge on any atom is 0.417 e. The van der Waals surface area contributed by atoms with Crippen LogP contribution in [0.15, 0.2) is 30.6 Å². The molecule has 2 rings (SSSR count). The third-order valence-corrected chi connectivity index (χ3v) is 2.81. The number of carboxylic acids is 1. The molecule has 0 spiro atoms. The summed E-state index contributed by atoms with van der Waals surface area (Å²) in [7, 11) is 1.74. The van der Waals surface area contributed by atoms with E-state index in [1.54, 1.807) is 24.1 Å². The molecule has 8 heteroatoms. The number of carboxylic acid groups (broad SMARTS) is 1. The Morgan fingerprint density at radius 3 is 2.67 bits per heavy atom. The molecule has 0 aliphatic carbocycles. The number of hydrogen-bond acceptors (Lipinski definition) is 3. The van der Waals surface area contributed by atoms with Gasteiger partial charge in [0.05, 0.1) is 17.3 Å². The summed E-state index contributed by atoms with van der Waals surface area (Å²) < 4.78 is 39.7. The minimum atomic E-state index is -4.70. The number of aromatic nitrogens is 2. The molecule has 0 amide bonds. The molecule has 21 heavy (non-hydrogen) atoms. The Labute approximate surface area is 118 Å². The second-order valence-electron chi connectivity index (χ2n) is 4.44. The number of alkyl halides is 3. The van der Waals surface area contributed by atoms with Gasteiger partial charge in [-0.25, -0.2) is 4.79 Å². The fraction of sp³-hybridized carbons (Fsp3) is 0.231. The molecule has 0 saturated heterocycles. The number of aromatic carboxylic acids is 1. The van der Waals surface area contributed by atoms with Crippen LogP contribution in [0.4, 0.5) is 18.9 Å². The first-order valence-corrected chi connectivity index (χ1v) is 5.93. The van der Waals surface area contributed by atoms with Gasteiger partial charge in [0.2, 0.25) is 0 Å². The fourth-order valence-corrected chi connectivity index (χ4v) is 1.85. The Kier molecular flexibility index (Phi) is 3.88. The van der Waals surface area contributed by atoms with Crippen LogP contribution in [0.5, 0.6) is 0 Å². The quantitative estimate of drug-likeness (QED) is 0.911. The Morgan fingerprint density at radius 2 is 2.14 bits per heavy atom. The lowest BCUT2D eigenvalue weighted by molar-refractivity contribution is -0.138. The van der Waals surface area contributed by atoms with Gasteiger partial charge in [-0.1, -0.05) is 0 Å². The number of nitrogens with one attached hydrogen (secondary N) is 1. The standard InChI is InChI=1S/C13H12F3N3O2/c1-19-7-8(6-18-19)5-17-9-2-3-11(13(14,15)16)10(4-9)12(20)21/h2-4,6-7,17H,5H2,1H3,(H,20,21). The number of benzene rings is 1. The van der Waals surface area contributed by atoms with Gasteiger partial charge >= 0.3 is 12.1 Å². The summed E-state index contributed by atoms with van der Waals surface area (Å²) in [5.41, 5.74) is -0.820. The van der Waals surface area contributed by atoms with E-state index in [-0.39, 0.29) is 0 Å². The second-order valence-corrected chi connectivity index (χ2v) is 4.44. The topological polar surface area (TPSA) is 67.2 Å². The lowest BCUT2D eigenvalue weighted by Gasteiger charge is -2.12. The largest absolute Gasteiger partial charge is 0.478 e. The number of nitrogens with zero attached hydrogens (tertiary/aromatic N) is 2. The van der Waals surface area contributed by atoms with Gasteiger partial charge in [-0.05, 0) is 18.2 Å². The Hall–Kier alpha value is -2.51. The van der Waals surface area contributed by atoms with Crippen molar-refractivity contribution in [2.24, 2.45) is 7.05 Å². The maximum atomic E-state index is 12.7. The molecule has 0 unspecified atom stereocenters. The highest BCUT2D eigenvalue weighted by Gasteiger charge is 2.35. The van der Waals surface area contributed by atoms with Gasteiger partial charge in [0.25, 0.3) is 0 Å². The van der Waals surface area contributed by atoms with Crippen molar-refractivity contribution in [3.63, 3.8) is 0 Å². The van der Waals surface area contributed by atoms with Crippen molar-refractivity contribution in [1.29, 1.82) is 0 Å². The van der Waals surface area contributed by atoms with E-state index in [1.165, 1.54) is 6.07 Å². The van der Waals surface area contributed by atoms with Crippen LogP contribution in [0, 0.1) is 0 Å². The van der Waals surface area contributed by atoms with Crippen LogP contribution < -0.4 is 5.32 Å². The van der Waals surface area contributed by atoms with Crippen LogP contribution in [-0.4, -0.2) is 20.9 Å². The third-order valence-electron chi connectivity index (χ3n) is 2.81. The molecular formula is C13H12F3N3O2. The normalized spacial score (nSPS) is 11.4. The minimum Gasteiger partial charge on any atom is -0.478 e. The number of halogens is 3. The van der Waals surface area contributed by atoms with Crippen LogP contribution in [0.1, 0.15) is 21.5 Å². The first-order chi connectivity index (χ1) is 9.77.